The molecule has 3 N–H and O–H groups in total. The first kappa shape index (κ1) is 10.1. The highest BCUT2D eigenvalue weighted by Gasteiger charge is 2.12. The maximum absolute atomic E-state index is 11.7. The minimum atomic E-state index is -0.436. The maximum Gasteiger partial charge on any atom is 0.322 e. The summed E-state index contributed by atoms with van der Waals surface area (Å²) in [6, 6.07) is 1.57. The molecule has 2 heterocycles. The lowest BCUT2D eigenvalue weighted by atomic mass is 10.2. The van der Waals surface area contributed by atoms with Gasteiger partial charge in [-0.25, -0.2) is 0 Å². The molecule has 0 radical (unpaired) electrons. The van der Waals surface area contributed by atoms with Crippen molar-refractivity contribution in [3.05, 3.63) is 29.9 Å². The zero-order valence-corrected chi connectivity index (χ0v) is 8.47. The fraction of sp³-hybridized carbons (Fsp3) is 0.111. The monoisotopic (exact) mass is 219 g/mol. The van der Waals surface area contributed by atoms with Gasteiger partial charge < -0.3 is 10.2 Å². The van der Waals surface area contributed by atoms with E-state index in [-0.39, 0.29) is 11.6 Å². The van der Waals surface area contributed by atoms with Crippen LogP contribution in [0, 0.1) is 6.92 Å². The molecule has 0 fully saturated rings. The molecule has 0 atom stereocenters. The van der Waals surface area contributed by atoms with Crippen molar-refractivity contribution < 1.29 is 9.21 Å². The van der Waals surface area contributed by atoms with Crippen LogP contribution in [0.4, 0.5) is 11.7 Å². The summed E-state index contributed by atoms with van der Waals surface area (Å²) >= 11 is 0. The van der Waals surface area contributed by atoms with Crippen molar-refractivity contribution in [2.45, 2.75) is 6.92 Å². The number of nitrogens with two attached hydrogens (primary N) is 1. The molecule has 0 spiro atoms. The van der Waals surface area contributed by atoms with Crippen LogP contribution in [0.1, 0.15) is 16.2 Å². The number of anilines is 2. The number of pyridine rings is 1. The molecule has 16 heavy (non-hydrogen) atoms. The Morgan fingerprint density at radius 1 is 1.50 bits per heavy atom. The summed E-state index contributed by atoms with van der Waals surface area (Å²) in [6.07, 6.45) is 2.87. The second kappa shape index (κ2) is 3.97. The zero-order chi connectivity index (χ0) is 11.5. The van der Waals surface area contributed by atoms with E-state index >= 15 is 0 Å². The average Bonchev–Trinajstić information content (AvgIpc) is 2.64. The number of rotatable bonds is 2. The lowest BCUT2D eigenvalue weighted by molar-refractivity contribution is 0.102. The smallest absolute Gasteiger partial charge is 0.322 e. The minimum Gasteiger partial charge on any atom is -0.408 e. The van der Waals surface area contributed by atoms with Crippen LogP contribution < -0.4 is 11.1 Å². The van der Waals surface area contributed by atoms with E-state index in [1.807, 2.05) is 0 Å². The van der Waals surface area contributed by atoms with Crippen LogP contribution in [0.3, 0.4) is 0 Å². The van der Waals surface area contributed by atoms with Crippen LogP contribution in [0.5, 0.6) is 0 Å². The molecule has 7 nitrogen and oxygen atoms in total. The summed E-state index contributed by atoms with van der Waals surface area (Å²) in [6.45, 7) is 1.63. The summed E-state index contributed by atoms with van der Waals surface area (Å²) in [5.74, 6) is -0.0660. The Labute approximate surface area is 90.7 Å². The van der Waals surface area contributed by atoms with Gasteiger partial charge in [-0.2, -0.15) is 0 Å². The molecular weight excluding hydrogens is 210 g/mol. The third-order valence-corrected chi connectivity index (χ3v) is 1.85. The predicted octanol–water partition coefficient (Wildman–Crippen LogP) is 0.608. The Morgan fingerprint density at radius 2 is 2.31 bits per heavy atom. The highest BCUT2D eigenvalue weighted by Crippen LogP contribution is 2.11. The number of nitrogen functional groups attached to an aromatic ring is 1. The van der Waals surface area contributed by atoms with Gasteiger partial charge in [-0.05, 0) is 6.07 Å². The summed E-state index contributed by atoms with van der Waals surface area (Å²) in [4.78, 5) is 15.5. The molecule has 2 rings (SSSR count). The van der Waals surface area contributed by atoms with Gasteiger partial charge in [0.05, 0.1) is 5.56 Å². The Hall–Kier alpha value is -2.44. The normalized spacial score (nSPS) is 10.1. The number of nitrogens with one attached hydrogen (secondary N) is 1. The average molecular weight is 219 g/mol. The molecular formula is C9H9N5O2. The number of nitrogens with zero attached hydrogens (tertiary/aromatic N) is 3. The number of carbonyl (C=O) groups excluding carboxylic acids is 1. The minimum absolute atomic E-state index is 0.0331. The SMILES string of the molecule is Cc1nnc(NC(=O)c2cnccc2N)o1. The van der Waals surface area contributed by atoms with Crippen molar-refractivity contribution >= 4 is 17.6 Å². The van der Waals surface area contributed by atoms with Gasteiger partial charge in [0, 0.05) is 25.0 Å². The first-order valence-corrected chi connectivity index (χ1v) is 4.48. The second-order valence-electron chi connectivity index (χ2n) is 3.04. The van der Waals surface area contributed by atoms with E-state index in [0.717, 1.165) is 0 Å². The van der Waals surface area contributed by atoms with Crippen molar-refractivity contribution in [1.82, 2.24) is 15.2 Å². The molecule has 0 saturated carbocycles. The second-order valence-corrected chi connectivity index (χ2v) is 3.04. The number of hydrogen-bond acceptors (Lipinski definition) is 6. The van der Waals surface area contributed by atoms with Gasteiger partial charge in [0.25, 0.3) is 5.91 Å². The lowest BCUT2D eigenvalue weighted by Gasteiger charge is -2.02. The zero-order valence-electron chi connectivity index (χ0n) is 8.47. The molecule has 0 aromatic carbocycles. The summed E-state index contributed by atoms with van der Waals surface area (Å²) in [5.41, 5.74) is 6.21. The Morgan fingerprint density at radius 3 is 2.94 bits per heavy atom. The van der Waals surface area contributed by atoms with Crippen LogP contribution in [-0.2, 0) is 0 Å². The number of hydrogen-bond donors (Lipinski definition) is 2. The molecule has 0 bridgehead atoms. The maximum atomic E-state index is 11.7. The molecule has 0 aliphatic rings. The molecule has 2 aromatic heterocycles. The van der Waals surface area contributed by atoms with E-state index < -0.39 is 5.91 Å². The van der Waals surface area contributed by atoms with Crippen LogP contribution >= 0.6 is 0 Å². The molecule has 0 aliphatic carbocycles. The highest BCUT2D eigenvalue weighted by atomic mass is 16.4. The lowest BCUT2D eigenvalue weighted by Crippen LogP contribution is -2.14. The van der Waals surface area contributed by atoms with Gasteiger partial charge in [-0.1, -0.05) is 5.10 Å². The van der Waals surface area contributed by atoms with E-state index in [4.69, 9.17) is 10.2 Å². The van der Waals surface area contributed by atoms with E-state index in [2.05, 4.69) is 20.5 Å². The number of aromatic nitrogens is 3. The fourth-order valence-electron chi connectivity index (χ4n) is 1.11. The van der Waals surface area contributed by atoms with Crippen LogP contribution in [0.15, 0.2) is 22.9 Å². The van der Waals surface area contributed by atoms with E-state index in [1.165, 1.54) is 18.5 Å². The van der Waals surface area contributed by atoms with Crippen LogP contribution in [0.25, 0.3) is 0 Å². The molecule has 0 saturated heterocycles. The van der Waals surface area contributed by atoms with Crippen LogP contribution in [0.2, 0.25) is 0 Å². The number of amides is 1. The van der Waals surface area contributed by atoms with E-state index in [0.29, 0.717) is 11.6 Å². The van der Waals surface area contributed by atoms with Crippen molar-refractivity contribution in [1.29, 1.82) is 0 Å². The Balaban J connectivity index is 2.18. The van der Waals surface area contributed by atoms with Gasteiger partial charge in [0.2, 0.25) is 5.89 Å². The Kier molecular flexibility index (Phi) is 2.50. The summed E-state index contributed by atoms with van der Waals surface area (Å²) in [5, 5.41) is 9.63. The van der Waals surface area contributed by atoms with Crippen LogP contribution in [-0.4, -0.2) is 21.1 Å². The van der Waals surface area contributed by atoms with Gasteiger partial charge in [-0.15, -0.1) is 5.10 Å². The standard InChI is InChI=1S/C9H9N5O2/c1-5-13-14-9(16-5)12-8(15)6-4-11-3-2-7(6)10/h2-4H,1H3,(H2,10,11)(H,12,14,15). The topological polar surface area (TPSA) is 107 Å². The molecule has 1 amide bonds. The van der Waals surface area contributed by atoms with Crippen molar-refractivity contribution in [2.24, 2.45) is 0 Å². The van der Waals surface area contributed by atoms with Gasteiger partial charge in [0.1, 0.15) is 0 Å². The molecule has 0 unspecified atom stereocenters. The quantitative estimate of drug-likeness (QED) is 0.766. The van der Waals surface area contributed by atoms with Crippen molar-refractivity contribution in [2.75, 3.05) is 11.1 Å². The van der Waals surface area contributed by atoms with E-state index in [9.17, 15) is 4.79 Å². The van der Waals surface area contributed by atoms with Gasteiger partial charge in [-0.3, -0.25) is 15.1 Å². The van der Waals surface area contributed by atoms with Crippen molar-refractivity contribution in [3.63, 3.8) is 0 Å². The number of aryl methyl sites for hydroxylation is 1. The predicted molar refractivity (Wildman–Crippen MR) is 55.6 cm³/mol. The van der Waals surface area contributed by atoms with Gasteiger partial charge in [0.15, 0.2) is 0 Å². The first-order chi connectivity index (χ1) is 7.66. The van der Waals surface area contributed by atoms with Crippen molar-refractivity contribution in [3.8, 4) is 0 Å². The Bertz CT molecular complexity index is 522. The molecule has 7 heteroatoms. The highest BCUT2D eigenvalue weighted by molar-refractivity contribution is 6.06. The number of carbonyl (C=O) groups is 1. The molecule has 0 aliphatic heterocycles. The summed E-state index contributed by atoms with van der Waals surface area (Å²) < 4.78 is 5.00. The fourth-order valence-corrected chi connectivity index (χ4v) is 1.11. The van der Waals surface area contributed by atoms with Gasteiger partial charge >= 0.3 is 6.01 Å². The largest absolute Gasteiger partial charge is 0.408 e. The molecule has 2 aromatic rings. The third-order valence-electron chi connectivity index (χ3n) is 1.85. The third kappa shape index (κ3) is 1.97. The first-order valence-electron chi connectivity index (χ1n) is 4.48. The van der Waals surface area contributed by atoms with E-state index in [1.54, 1.807) is 6.92 Å². The molecule has 82 valence electrons. The summed E-state index contributed by atoms with van der Waals surface area (Å²) in [7, 11) is 0.